The van der Waals surface area contributed by atoms with Gasteiger partial charge in [0.1, 0.15) is 12.2 Å². The minimum Gasteiger partial charge on any atom is -0.380 e. The molecule has 0 aliphatic carbocycles. The summed E-state index contributed by atoms with van der Waals surface area (Å²) in [5.74, 6) is 10.3. The van der Waals surface area contributed by atoms with E-state index in [1.165, 1.54) is 32.1 Å². The molecular weight excluding hydrogens is 236 g/mol. The molecule has 0 spiro atoms. The van der Waals surface area contributed by atoms with Gasteiger partial charge in [-0.3, -0.25) is 0 Å². The predicted octanol–water partition coefficient (Wildman–Crippen LogP) is 3.04. The molecule has 0 bridgehead atoms. The first-order valence-electron chi connectivity index (χ1n) is 7.24. The molecule has 0 amide bonds. The van der Waals surface area contributed by atoms with Crippen molar-refractivity contribution in [2.24, 2.45) is 0 Å². The Morgan fingerprint density at radius 3 is 2.32 bits per heavy atom. The summed E-state index contributed by atoms with van der Waals surface area (Å²) < 4.78 is 0. The normalized spacial score (nSPS) is 13.3. The summed E-state index contributed by atoms with van der Waals surface area (Å²) in [5, 5.41) is 18.7. The van der Waals surface area contributed by atoms with Gasteiger partial charge >= 0.3 is 0 Å². The molecule has 0 aliphatic heterocycles. The minimum absolute atomic E-state index is 0.592. The Labute approximate surface area is 117 Å². The molecular formula is C17H26O2. The van der Waals surface area contributed by atoms with Gasteiger partial charge in [0, 0.05) is 0 Å². The van der Waals surface area contributed by atoms with Gasteiger partial charge in [-0.15, -0.1) is 0 Å². The molecule has 106 valence electrons. The zero-order valence-corrected chi connectivity index (χ0v) is 12.2. The van der Waals surface area contributed by atoms with E-state index in [0.29, 0.717) is 6.42 Å². The van der Waals surface area contributed by atoms with Crippen molar-refractivity contribution in [3.05, 3.63) is 12.2 Å². The Hall–Kier alpha value is -1.22. The number of hydrogen-bond donors (Lipinski definition) is 2. The molecule has 0 aromatic rings. The van der Waals surface area contributed by atoms with Crippen molar-refractivity contribution >= 4 is 0 Å². The number of allylic oxidation sites excluding steroid dienone is 1. The Morgan fingerprint density at radius 1 is 0.947 bits per heavy atom. The zero-order chi connectivity index (χ0) is 14.3. The molecule has 0 fully saturated rings. The molecule has 0 aliphatic rings. The molecule has 0 radical (unpaired) electrons. The average molecular weight is 262 g/mol. The molecule has 0 saturated heterocycles. The fraction of sp³-hybridized carbons (Fsp3) is 0.647. The van der Waals surface area contributed by atoms with E-state index in [1.54, 1.807) is 6.08 Å². The van der Waals surface area contributed by atoms with Crippen LogP contribution in [0.25, 0.3) is 0 Å². The summed E-state index contributed by atoms with van der Waals surface area (Å²) in [4.78, 5) is 0. The Bertz CT molecular complexity index is 349. The third kappa shape index (κ3) is 13.0. The smallest absolute Gasteiger partial charge is 0.134 e. The highest BCUT2D eigenvalue weighted by atomic mass is 16.3. The first-order chi connectivity index (χ1) is 9.20. The number of unbranched alkanes of at least 4 members (excludes halogenated alkanes) is 5. The number of aliphatic hydroxyl groups excluding tert-OH is 2. The molecule has 0 aromatic heterocycles. The van der Waals surface area contributed by atoms with Crippen LogP contribution in [0, 0.1) is 23.7 Å². The lowest BCUT2D eigenvalue weighted by Gasteiger charge is -1.97. The zero-order valence-electron chi connectivity index (χ0n) is 12.2. The predicted molar refractivity (Wildman–Crippen MR) is 80.4 cm³/mol. The summed E-state index contributed by atoms with van der Waals surface area (Å²) >= 11 is 0. The fourth-order valence-corrected chi connectivity index (χ4v) is 1.47. The van der Waals surface area contributed by atoms with Crippen LogP contribution in [0.15, 0.2) is 12.2 Å². The molecule has 0 unspecified atom stereocenters. The van der Waals surface area contributed by atoms with Crippen LogP contribution in [0.3, 0.4) is 0 Å². The van der Waals surface area contributed by atoms with E-state index >= 15 is 0 Å². The van der Waals surface area contributed by atoms with Crippen molar-refractivity contribution in [2.45, 2.75) is 71.0 Å². The van der Waals surface area contributed by atoms with Crippen LogP contribution in [-0.4, -0.2) is 22.4 Å². The van der Waals surface area contributed by atoms with Crippen molar-refractivity contribution in [1.29, 1.82) is 0 Å². The monoisotopic (exact) mass is 262 g/mol. The standard InChI is InChI=1S/C17H26O2/c1-3-5-6-7-8-9-10-14-17(19)15-12-11-13-16(18)4-2/h10,14,16-19H,3-9H2,1-2H3/b14-10-/t16-,17-/m0/s1. The van der Waals surface area contributed by atoms with Crippen LogP contribution >= 0.6 is 0 Å². The van der Waals surface area contributed by atoms with Crippen LogP contribution in [0.2, 0.25) is 0 Å². The van der Waals surface area contributed by atoms with E-state index < -0.39 is 12.2 Å². The van der Waals surface area contributed by atoms with Gasteiger partial charge in [-0.05, 0) is 37.2 Å². The van der Waals surface area contributed by atoms with Crippen molar-refractivity contribution in [3.8, 4) is 23.7 Å². The molecule has 19 heavy (non-hydrogen) atoms. The van der Waals surface area contributed by atoms with E-state index in [4.69, 9.17) is 5.11 Å². The molecule has 0 rings (SSSR count). The van der Waals surface area contributed by atoms with Crippen LogP contribution in [0.5, 0.6) is 0 Å². The van der Waals surface area contributed by atoms with Gasteiger partial charge in [-0.2, -0.15) is 0 Å². The lowest BCUT2D eigenvalue weighted by atomic mass is 10.1. The third-order valence-corrected chi connectivity index (χ3v) is 2.70. The second-order valence-corrected chi connectivity index (χ2v) is 4.54. The highest BCUT2D eigenvalue weighted by molar-refractivity contribution is 5.29. The SMILES string of the molecule is CCCCCCC/C=C\[C@H](O)C#CC#C[C@@H](O)CC. The van der Waals surface area contributed by atoms with Gasteiger partial charge in [0.25, 0.3) is 0 Å². The first kappa shape index (κ1) is 17.8. The molecule has 2 atom stereocenters. The molecule has 2 heteroatoms. The van der Waals surface area contributed by atoms with Crippen molar-refractivity contribution < 1.29 is 10.2 Å². The second-order valence-electron chi connectivity index (χ2n) is 4.54. The maximum Gasteiger partial charge on any atom is 0.134 e. The summed E-state index contributed by atoms with van der Waals surface area (Å²) in [6.07, 6.45) is 10.1. The molecule has 0 saturated carbocycles. The largest absolute Gasteiger partial charge is 0.380 e. The molecule has 0 heterocycles. The minimum atomic E-state index is -0.760. The Balaban J connectivity index is 3.75. The van der Waals surface area contributed by atoms with Gasteiger partial charge in [-0.1, -0.05) is 57.4 Å². The summed E-state index contributed by atoms with van der Waals surface area (Å²) in [7, 11) is 0. The number of hydrogen-bond acceptors (Lipinski definition) is 2. The lowest BCUT2D eigenvalue weighted by molar-refractivity contribution is 0.228. The van der Waals surface area contributed by atoms with E-state index in [0.717, 1.165) is 6.42 Å². The third-order valence-electron chi connectivity index (χ3n) is 2.70. The molecule has 0 aromatic carbocycles. The van der Waals surface area contributed by atoms with Crippen LogP contribution < -0.4 is 0 Å². The van der Waals surface area contributed by atoms with Crippen LogP contribution in [0.4, 0.5) is 0 Å². The lowest BCUT2D eigenvalue weighted by Crippen LogP contribution is -1.99. The quantitative estimate of drug-likeness (QED) is 0.401. The van der Waals surface area contributed by atoms with Gasteiger partial charge in [0.2, 0.25) is 0 Å². The van der Waals surface area contributed by atoms with Crippen LogP contribution in [-0.2, 0) is 0 Å². The van der Waals surface area contributed by atoms with Crippen molar-refractivity contribution in [1.82, 2.24) is 0 Å². The fourth-order valence-electron chi connectivity index (χ4n) is 1.47. The van der Waals surface area contributed by atoms with Crippen LogP contribution in [0.1, 0.15) is 58.8 Å². The topological polar surface area (TPSA) is 40.5 Å². The van der Waals surface area contributed by atoms with Gasteiger partial charge in [0.05, 0.1) is 0 Å². The van der Waals surface area contributed by atoms with Gasteiger partial charge in [-0.25, -0.2) is 0 Å². The van der Waals surface area contributed by atoms with E-state index in [1.807, 2.05) is 13.0 Å². The molecule has 2 N–H and O–H groups in total. The van der Waals surface area contributed by atoms with E-state index in [9.17, 15) is 5.11 Å². The highest BCUT2D eigenvalue weighted by Crippen LogP contribution is 2.05. The van der Waals surface area contributed by atoms with Crippen molar-refractivity contribution in [2.75, 3.05) is 0 Å². The summed E-state index contributed by atoms with van der Waals surface area (Å²) in [6.45, 7) is 4.06. The van der Waals surface area contributed by atoms with Crippen molar-refractivity contribution in [3.63, 3.8) is 0 Å². The van der Waals surface area contributed by atoms with Gasteiger partial charge < -0.3 is 10.2 Å². The van der Waals surface area contributed by atoms with E-state index in [2.05, 4.69) is 30.6 Å². The second kappa shape index (κ2) is 13.2. The summed E-state index contributed by atoms with van der Waals surface area (Å²) in [6, 6.07) is 0. The average Bonchev–Trinajstić information content (AvgIpc) is 2.42. The molecule has 2 nitrogen and oxygen atoms in total. The number of aliphatic hydroxyl groups is 2. The summed E-state index contributed by atoms with van der Waals surface area (Å²) in [5.41, 5.74) is 0. The van der Waals surface area contributed by atoms with Gasteiger partial charge in [0.15, 0.2) is 0 Å². The van der Waals surface area contributed by atoms with E-state index in [-0.39, 0.29) is 0 Å². The number of rotatable bonds is 8. The highest BCUT2D eigenvalue weighted by Gasteiger charge is 1.91. The maximum atomic E-state index is 9.52. The maximum absolute atomic E-state index is 9.52. The Kier molecular flexibility index (Phi) is 12.4. The Morgan fingerprint density at radius 2 is 1.63 bits per heavy atom. The first-order valence-corrected chi connectivity index (χ1v) is 7.24.